The lowest BCUT2D eigenvalue weighted by atomic mass is 9.95. The summed E-state index contributed by atoms with van der Waals surface area (Å²) in [4.78, 5) is 48.0. The molecule has 2 N–H and O–H groups in total. The minimum atomic E-state index is -5.15. The molecule has 0 fully saturated rings. The molecule has 190 valence electrons. The zero-order valence-electron chi connectivity index (χ0n) is 17.9. The molecular weight excluding hydrogens is 480 g/mol. The molecule has 0 heterocycles. The number of hydrogen-bond acceptors (Lipinski definition) is 6. The van der Waals surface area contributed by atoms with Crippen LogP contribution < -0.4 is 5.32 Å². The SMILES string of the molecule is CCOC(=O)C[C@@H](C(=O)OCC)[C@H](NC(=O)Cc1cc(C(F)(F)F)cc(C(F)(F)F)c1)C(=O)O. The molecule has 0 spiro atoms. The molecule has 0 aliphatic rings. The number of carboxylic acids is 1. The molecule has 14 heteroatoms. The molecule has 1 aromatic rings. The predicted molar refractivity (Wildman–Crippen MR) is 101 cm³/mol. The van der Waals surface area contributed by atoms with Gasteiger partial charge in [-0.05, 0) is 37.6 Å². The Labute approximate surface area is 189 Å². The summed E-state index contributed by atoms with van der Waals surface area (Å²) in [6.07, 6.45) is -12.2. The number of esters is 2. The van der Waals surface area contributed by atoms with Gasteiger partial charge < -0.3 is 19.9 Å². The minimum Gasteiger partial charge on any atom is -0.480 e. The Kier molecular flexibility index (Phi) is 9.88. The van der Waals surface area contributed by atoms with Crippen molar-refractivity contribution in [3.63, 3.8) is 0 Å². The summed E-state index contributed by atoms with van der Waals surface area (Å²) in [5.74, 6) is -7.04. The maximum Gasteiger partial charge on any atom is 0.416 e. The van der Waals surface area contributed by atoms with E-state index in [0.29, 0.717) is 12.1 Å². The maximum atomic E-state index is 13.0. The van der Waals surface area contributed by atoms with Crippen LogP contribution in [-0.2, 0) is 47.4 Å². The average Bonchev–Trinajstić information content (AvgIpc) is 2.69. The van der Waals surface area contributed by atoms with Gasteiger partial charge in [-0.1, -0.05) is 0 Å². The molecule has 2 atom stereocenters. The zero-order chi connectivity index (χ0) is 26.3. The molecule has 0 aliphatic carbocycles. The summed E-state index contributed by atoms with van der Waals surface area (Å²) in [5.41, 5.74) is -4.03. The van der Waals surface area contributed by atoms with Gasteiger partial charge in [-0.15, -0.1) is 0 Å². The van der Waals surface area contributed by atoms with E-state index in [4.69, 9.17) is 4.74 Å². The van der Waals surface area contributed by atoms with Crippen molar-refractivity contribution in [2.75, 3.05) is 13.2 Å². The fourth-order valence-corrected chi connectivity index (χ4v) is 2.85. The number of carbonyl (C=O) groups excluding carboxylic acids is 3. The Hall–Kier alpha value is -3.32. The number of carbonyl (C=O) groups is 4. The van der Waals surface area contributed by atoms with Crippen LogP contribution in [0.5, 0.6) is 0 Å². The molecule has 0 bridgehead atoms. The Morgan fingerprint density at radius 2 is 1.41 bits per heavy atom. The highest BCUT2D eigenvalue weighted by atomic mass is 19.4. The van der Waals surface area contributed by atoms with Crippen molar-refractivity contribution in [3.05, 3.63) is 34.9 Å². The normalized spacial score (nSPS) is 13.5. The predicted octanol–water partition coefficient (Wildman–Crippen LogP) is 2.97. The number of benzene rings is 1. The lowest BCUT2D eigenvalue weighted by Crippen LogP contribution is -2.50. The number of aliphatic carboxylic acids is 1. The molecular formula is C20H21F6NO7. The monoisotopic (exact) mass is 501 g/mol. The van der Waals surface area contributed by atoms with Crippen LogP contribution in [0.4, 0.5) is 26.3 Å². The highest BCUT2D eigenvalue weighted by Gasteiger charge is 2.39. The molecule has 0 unspecified atom stereocenters. The van der Waals surface area contributed by atoms with Crippen molar-refractivity contribution in [1.82, 2.24) is 5.32 Å². The van der Waals surface area contributed by atoms with Crippen molar-refractivity contribution < 1.29 is 60.1 Å². The fourth-order valence-electron chi connectivity index (χ4n) is 2.85. The van der Waals surface area contributed by atoms with E-state index in [2.05, 4.69) is 4.74 Å². The van der Waals surface area contributed by atoms with Crippen molar-refractivity contribution in [1.29, 1.82) is 0 Å². The second-order valence-electron chi connectivity index (χ2n) is 6.84. The first kappa shape index (κ1) is 28.7. The molecule has 0 aliphatic heterocycles. The summed E-state index contributed by atoms with van der Waals surface area (Å²) in [5, 5.41) is 11.3. The second-order valence-corrected chi connectivity index (χ2v) is 6.84. The first-order valence-electron chi connectivity index (χ1n) is 9.72. The van der Waals surface area contributed by atoms with Crippen LogP contribution in [0.3, 0.4) is 0 Å². The molecule has 0 aromatic heterocycles. The lowest BCUT2D eigenvalue weighted by molar-refractivity contribution is -0.160. The Morgan fingerprint density at radius 3 is 1.82 bits per heavy atom. The van der Waals surface area contributed by atoms with E-state index in [0.717, 1.165) is 0 Å². The van der Waals surface area contributed by atoms with E-state index in [9.17, 15) is 50.6 Å². The van der Waals surface area contributed by atoms with Gasteiger partial charge in [0.05, 0.1) is 43.1 Å². The van der Waals surface area contributed by atoms with Gasteiger partial charge in [0.25, 0.3) is 0 Å². The number of alkyl halides is 6. The quantitative estimate of drug-likeness (QED) is 0.374. The third kappa shape index (κ3) is 8.56. The minimum absolute atomic E-state index is 0.102. The Balaban J connectivity index is 3.23. The van der Waals surface area contributed by atoms with Gasteiger partial charge in [0.2, 0.25) is 5.91 Å². The first-order chi connectivity index (χ1) is 15.6. The maximum absolute atomic E-state index is 13.0. The summed E-state index contributed by atoms with van der Waals surface area (Å²) in [6, 6.07) is -1.58. The van der Waals surface area contributed by atoms with E-state index in [1.807, 2.05) is 5.32 Å². The molecule has 1 rings (SSSR count). The van der Waals surface area contributed by atoms with Crippen LogP contribution in [0, 0.1) is 5.92 Å². The number of ether oxygens (including phenoxy) is 2. The van der Waals surface area contributed by atoms with Crippen molar-refractivity contribution in [2.24, 2.45) is 5.92 Å². The van der Waals surface area contributed by atoms with Crippen molar-refractivity contribution in [2.45, 2.75) is 45.1 Å². The standard InChI is InChI=1S/C20H21F6NO7/c1-3-33-15(29)9-13(18(32)34-4-2)16(17(30)31)27-14(28)7-10-5-11(19(21,22)23)8-12(6-10)20(24,25)26/h5-6,8,13,16H,3-4,7,9H2,1-2H3,(H,27,28)(H,30,31)/t13-,16+/m1/s1. The highest BCUT2D eigenvalue weighted by molar-refractivity contribution is 5.91. The smallest absolute Gasteiger partial charge is 0.416 e. The Morgan fingerprint density at radius 1 is 0.912 bits per heavy atom. The third-order valence-corrected chi connectivity index (χ3v) is 4.28. The summed E-state index contributed by atoms with van der Waals surface area (Å²) in [7, 11) is 0. The number of amides is 1. The summed E-state index contributed by atoms with van der Waals surface area (Å²) < 4.78 is 87.4. The van der Waals surface area contributed by atoms with Gasteiger partial charge in [-0.3, -0.25) is 14.4 Å². The zero-order valence-corrected chi connectivity index (χ0v) is 17.9. The Bertz CT molecular complexity index is 881. The van der Waals surface area contributed by atoms with E-state index in [1.54, 1.807) is 0 Å². The van der Waals surface area contributed by atoms with Crippen LogP contribution in [0.2, 0.25) is 0 Å². The van der Waals surface area contributed by atoms with E-state index < -0.39 is 77.7 Å². The largest absolute Gasteiger partial charge is 0.480 e. The van der Waals surface area contributed by atoms with Gasteiger partial charge in [0, 0.05) is 0 Å². The lowest BCUT2D eigenvalue weighted by Gasteiger charge is -2.23. The molecule has 8 nitrogen and oxygen atoms in total. The molecule has 34 heavy (non-hydrogen) atoms. The van der Waals surface area contributed by atoms with E-state index >= 15 is 0 Å². The van der Waals surface area contributed by atoms with Crippen LogP contribution in [0.25, 0.3) is 0 Å². The number of nitrogens with one attached hydrogen (secondary N) is 1. The number of hydrogen-bond donors (Lipinski definition) is 2. The van der Waals surface area contributed by atoms with Crippen LogP contribution >= 0.6 is 0 Å². The topological polar surface area (TPSA) is 119 Å². The van der Waals surface area contributed by atoms with Gasteiger partial charge in [-0.25, -0.2) is 4.79 Å². The third-order valence-electron chi connectivity index (χ3n) is 4.28. The fraction of sp³-hybridized carbons (Fsp3) is 0.500. The average molecular weight is 501 g/mol. The first-order valence-corrected chi connectivity index (χ1v) is 9.72. The summed E-state index contributed by atoms with van der Waals surface area (Å²) >= 11 is 0. The van der Waals surface area contributed by atoms with Gasteiger partial charge in [0.15, 0.2) is 0 Å². The van der Waals surface area contributed by atoms with E-state index in [1.165, 1.54) is 13.8 Å². The van der Waals surface area contributed by atoms with Crippen LogP contribution in [-0.4, -0.2) is 48.2 Å². The molecule has 0 saturated carbocycles. The number of rotatable bonds is 10. The van der Waals surface area contributed by atoms with Gasteiger partial charge in [-0.2, -0.15) is 26.3 Å². The molecule has 0 saturated heterocycles. The molecule has 1 aromatic carbocycles. The van der Waals surface area contributed by atoms with Crippen molar-refractivity contribution in [3.8, 4) is 0 Å². The van der Waals surface area contributed by atoms with Gasteiger partial charge >= 0.3 is 30.3 Å². The summed E-state index contributed by atoms with van der Waals surface area (Å²) in [6.45, 7) is 2.52. The van der Waals surface area contributed by atoms with Crippen LogP contribution in [0.1, 0.15) is 37.0 Å². The van der Waals surface area contributed by atoms with Crippen LogP contribution in [0.15, 0.2) is 18.2 Å². The highest BCUT2D eigenvalue weighted by Crippen LogP contribution is 2.36. The second kappa shape index (κ2) is 11.7. The molecule has 1 amide bonds. The molecule has 0 radical (unpaired) electrons. The van der Waals surface area contributed by atoms with Gasteiger partial charge in [0.1, 0.15) is 6.04 Å². The number of carboxylic acid groups (broad SMARTS) is 1. The van der Waals surface area contributed by atoms with Crippen molar-refractivity contribution >= 4 is 23.8 Å². The number of halogens is 6. The van der Waals surface area contributed by atoms with E-state index in [-0.39, 0.29) is 19.3 Å².